The first kappa shape index (κ1) is 13.5. The van der Waals surface area contributed by atoms with Gasteiger partial charge in [-0.1, -0.05) is 12.1 Å². The summed E-state index contributed by atoms with van der Waals surface area (Å²) < 4.78 is 39.0. The van der Waals surface area contributed by atoms with E-state index in [1.165, 1.54) is 12.1 Å². The molecule has 0 fully saturated rings. The molecule has 10 heteroatoms. The van der Waals surface area contributed by atoms with E-state index in [1.54, 1.807) is 0 Å². The smallest absolute Gasteiger partial charge is 0.281 e. The Balaban J connectivity index is 2.19. The van der Waals surface area contributed by atoms with Gasteiger partial charge < -0.3 is 0 Å². The maximum absolute atomic E-state index is 12.7. The monoisotopic (exact) mass is 313 g/mol. The van der Waals surface area contributed by atoms with Crippen LogP contribution in [0.25, 0.3) is 17.2 Å². The first-order chi connectivity index (χ1) is 9.84. The Kier molecular flexibility index (Phi) is 2.90. The van der Waals surface area contributed by atoms with Crippen LogP contribution in [0.15, 0.2) is 29.1 Å². The van der Waals surface area contributed by atoms with Crippen LogP contribution < -0.4 is 5.69 Å². The van der Waals surface area contributed by atoms with Gasteiger partial charge in [0.2, 0.25) is 4.77 Å². The Morgan fingerprint density at radius 2 is 2.00 bits per heavy atom. The minimum absolute atomic E-state index is 0.0174. The van der Waals surface area contributed by atoms with Crippen LogP contribution in [-0.4, -0.2) is 24.6 Å². The van der Waals surface area contributed by atoms with Gasteiger partial charge in [0.25, 0.3) is 5.78 Å². The molecular formula is C11H6F3N5OS. The van der Waals surface area contributed by atoms with Crippen LogP contribution in [0.4, 0.5) is 13.2 Å². The Labute approximate surface area is 119 Å². The summed E-state index contributed by atoms with van der Waals surface area (Å²) in [5.74, 6) is 0.0656. The van der Waals surface area contributed by atoms with Gasteiger partial charge in [0.05, 0.1) is 5.56 Å². The molecule has 1 aromatic carbocycles. The van der Waals surface area contributed by atoms with E-state index in [4.69, 9.17) is 12.2 Å². The van der Waals surface area contributed by atoms with Gasteiger partial charge in [-0.25, -0.2) is 4.79 Å². The third-order valence-electron chi connectivity index (χ3n) is 2.71. The number of nitrogens with one attached hydrogen (secondary N) is 2. The van der Waals surface area contributed by atoms with Crippen LogP contribution in [0.2, 0.25) is 0 Å². The van der Waals surface area contributed by atoms with Crippen molar-refractivity contribution < 1.29 is 13.2 Å². The molecule has 108 valence electrons. The van der Waals surface area contributed by atoms with Gasteiger partial charge >= 0.3 is 11.9 Å². The molecule has 2 heterocycles. The lowest BCUT2D eigenvalue weighted by atomic mass is 10.1. The van der Waals surface area contributed by atoms with Crippen molar-refractivity contribution in [1.29, 1.82) is 0 Å². The number of aromatic amines is 2. The summed E-state index contributed by atoms with van der Waals surface area (Å²) in [4.78, 5) is 21.7. The number of H-pyrrole nitrogens is 2. The highest BCUT2D eigenvalue weighted by atomic mass is 32.1. The van der Waals surface area contributed by atoms with Gasteiger partial charge in [-0.05, 0) is 24.4 Å². The molecule has 0 amide bonds. The van der Waals surface area contributed by atoms with Crippen LogP contribution in [0.3, 0.4) is 0 Å². The predicted octanol–water partition coefficient (Wildman–Crippen LogP) is 2.16. The molecule has 0 bridgehead atoms. The molecule has 6 nitrogen and oxygen atoms in total. The minimum Gasteiger partial charge on any atom is -0.281 e. The lowest BCUT2D eigenvalue weighted by Gasteiger charge is -2.06. The number of fused-ring (bicyclic) bond motifs is 1. The normalized spacial score (nSPS) is 12.0. The van der Waals surface area contributed by atoms with Gasteiger partial charge in [0.15, 0.2) is 5.82 Å². The van der Waals surface area contributed by atoms with E-state index in [1.807, 2.05) is 0 Å². The van der Waals surface area contributed by atoms with Crippen molar-refractivity contribution in [1.82, 2.24) is 24.6 Å². The lowest BCUT2D eigenvalue weighted by Crippen LogP contribution is -2.18. The number of aromatic nitrogens is 5. The van der Waals surface area contributed by atoms with Crippen molar-refractivity contribution in [2.45, 2.75) is 6.18 Å². The fourth-order valence-corrected chi connectivity index (χ4v) is 1.95. The fraction of sp³-hybridized carbons (Fsp3) is 0.0909. The third-order valence-corrected chi connectivity index (χ3v) is 2.90. The SMILES string of the molecule is O=c1[nH]c(=S)nc2nc(-c3cccc(C(F)(F)F)c3)[nH]n12. The molecule has 0 unspecified atom stereocenters. The van der Waals surface area contributed by atoms with E-state index in [-0.39, 0.29) is 21.9 Å². The van der Waals surface area contributed by atoms with Crippen LogP contribution in [0, 0.1) is 4.77 Å². The number of halogens is 3. The standard InChI is InChI=1S/C11H6F3N5OS/c12-11(13,14)6-3-1-2-5(4-6)7-15-8-16-9(21)17-10(20)19(8)18-7/h1-4H,(H2,15,16,17,18,20,21). The predicted molar refractivity (Wildman–Crippen MR) is 69.2 cm³/mol. The lowest BCUT2D eigenvalue weighted by molar-refractivity contribution is -0.137. The first-order valence-electron chi connectivity index (χ1n) is 5.61. The zero-order valence-electron chi connectivity index (χ0n) is 10.1. The maximum Gasteiger partial charge on any atom is 0.416 e. The highest BCUT2D eigenvalue weighted by Crippen LogP contribution is 2.31. The van der Waals surface area contributed by atoms with E-state index in [0.29, 0.717) is 0 Å². The molecule has 3 rings (SSSR count). The van der Waals surface area contributed by atoms with Crippen LogP contribution >= 0.6 is 12.2 Å². The molecule has 0 radical (unpaired) electrons. The second kappa shape index (κ2) is 4.52. The Morgan fingerprint density at radius 1 is 1.24 bits per heavy atom. The van der Waals surface area contributed by atoms with Crippen molar-refractivity contribution in [3.05, 3.63) is 45.1 Å². The van der Waals surface area contributed by atoms with Gasteiger partial charge in [-0.3, -0.25) is 10.1 Å². The summed E-state index contributed by atoms with van der Waals surface area (Å²) >= 11 is 4.74. The Morgan fingerprint density at radius 3 is 2.71 bits per heavy atom. The van der Waals surface area contributed by atoms with Gasteiger partial charge in [-0.15, -0.1) is 0 Å². The number of benzene rings is 1. The largest absolute Gasteiger partial charge is 0.416 e. The van der Waals surface area contributed by atoms with Gasteiger partial charge in [-0.2, -0.15) is 27.7 Å². The number of hydrogen-bond acceptors (Lipinski definition) is 4. The topological polar surface area (TPSA) is 78.8 Å². The highest BCUT2D eigenvalue weighted by Gasteiger charge is 2.30. The summed E-state index contributed by atoms with van der Waals surface area (Å²) in [5, 5.41) is 2.57. The quantitative estimate of drug-likeness (QED) is 0.675. The van der Waals surface area contributed by atoms with Crippen molar-refractivity contribution >= 4 is 18.0 Å². The van der Waals surface area contributed by atoms with E-state index >= 15 is 0 Å². The molecule has 0 saturated carbocycles. The molecule has 21 heavy (non-hydrogen) atoms. The summed E-state index contributed by atoms with van der Waals surface area (Å²) in [6.07, 6.45) is -4.46. The molecule has 3 aromatic rings. The number of alkyl halides is 3. The van der Waals surface area contributed by atoms with Crippen molar-refractivity contribution in [3.63, 3.8) is 0 Å². The van der Waals surface area contributed by atoms with Crippen LogP contribution in [-0.2, 0) is 6.18 Å². The summed E-state index contributed by atoms with van der Waals surface area (Å²) in [6.45, 7) is 0. The summed E-state index contributed by atoms with van der Waals surface area (Å²) in [5.41, 5.74) is -1.23. The molecule has 0 aliphatic rings. The fourth-order valence-electron chi connectivity index (χ4n) is 1.79. The zero-order valence-corrected chi connectivity index (χ0v) is 10.9. The van der Waals surface area contributed by atoms with Crippen LogP contribution in [0.1, 0.15) is 5.56 Å². The number of rotatable bonds is 1. The highest BCUT2D eigenvalue weighted by molar-refractivity contribution is 7.71. The second-order valence-electron chi connectivity index (χ2n) is 4.13. The average molecular weight is 313 g/mol. The van der Waals surface area contributed by atoms with Crippen molar-refractivity contribution in [2.75, 3.05) is 0 Å². The molecule has 2 aromatic heterocycles. The van der Waals surface area contributed by atoms with Gasteiger partial charge in [0, 0.05) is 5.56 Å². The zero-order chi connectivity index (χ0) is 15.2. The Bertz CT molecular complexity index is 939. The van der Waals surface area contributed by atoms with E-state index < -0.39 is 17.4 Å². The van der Waals surface area contributed by atoms with Crippen LogP contribution in [0.5, 0.6) is 0 Å². The minimum atomic E-state index is -4.46. The second-order valence-corrected chi connectivity index (χ2v) is 4.52. The van der Waals surface area contributed by atoms with Gasteiger partial charge in [0.1, 0.15) is 0 Å². The van der Waals surface area contributed by atoms with Crippen molar-refractivity contribution in [3.8, 4) is 11.4 Å². The summed E-state index contributed by atoms with van der Waals surface area (Å²) in [7, 11) is 0. The molecule has 0 aliphatic carbocycles. The van der Waals surface area contributed by atoms with E-state index in [9.17, 15) is 18.0 Å². The molecule has 0 spiro atoms. The Hall–Kier alpha value is -2.49. The maximum atomic E-state index is 12.7. The molecule has 0 aliphatic heterocycles. The first-order valence-corrected chi connectivity index (χ1v) is 6.02. The van der Waals surface area contributed by atoms with Crippen molar-refractivity contribution in [2.24, 2.45) is 0 Å². The average Bonchev–Trinajstić information content (AvgIpc) is 2.82. The number of hydrogen-bond donors (Lipinski definition) is 2. The third kappa shape index (κ3) is 2.44. The molecular weight excluding hydrogens is 307 g/mol. The molecule has 0 atom stereocenters. The molecule has 2 N–H and O–H groups in total. The van der Waals surface area contributed by atoms with E-state index in [0.717, 1.165) is 16.6 Å². The summed E-state index contributed by atoms with van der Waals surface area (Å²) in [6, 6.07) is 4.58. The molecule has 0 saturated heterocycles. The number of nitrogens with zero attached hydrogens (tertiary/aromatic N) is 3. The van der Waals surface area contributed by atoms with E-state index in [2.05, 4.69) is 20.1 Å².